The summed E-state index contributed by atoms with van der Waals surface area (Å²) < 4.78 is 2.70. The minimum atomic E-state index is -0.249. The third-order valence-electron chi connectivity index (χ3n) is 2.98. The maximum Gasteiger partial charge on any atom is 0.277 e. The first kappa shape index (κ1) is 12.3. The SMILES string of the molecule is O=C(Nc1ccc(Br)cc1)c1cn(C2CNC2)nn1. The van der Waals surface area contributed by atoms with E-state index in [4.69, 9.17) is 0 Å². The molecule has 1 amide bonds. The van der Waals surface area contributed by atoms with E-state index in [2.05, 4.69) is 36.9 Å². The van der Waals surface area contributed by atoms with Crippen molar-refractivity contribution in [2.75, 3.05) is 18.4 Å². The van der Waals surface area contributed by atoms with Crippen LogP contribution in [0.2, 0.25) is 0 Å². The van der Waals surface area contributed by atoms with E-state index < -0.39 is 0 Å². The highest BCUT2D eigenvalue weighted by atomic mass is 79.9. The normalized spacial score (nSPS) is 15.0. The van der Waals surface area contributed by atoms with Gasteiger partial charge in [-0.2, -0.15) is 0 Å². The number of carbonyl (C=O) groups excluding carboxylic acids is 1. The van der Waals surface area contributed by atoms with E-state index in [1.165, 1.54) is 0 Å². The minimum absolute atomic E-state index is 0.249. The fourth-order valence-electron chi connectivity index (χ4n) is 1.75. The largest absolute Gasteiger partial charge is 0.321 e. The van der Waals surface area contributed by atoms with Crippen LogP contribution in [-0.2, 0) is 0 Å². The van der Waals surface area contributed by atoms with Crippen molar-refractivity contribution in [2.24, 2.45) is 0 Å². The van der Waals surface area contributed by atoms with Crippen LogP contribution < -0.4 is 10.6 Å². The molecule has 0 atom stereocenters. The summed E-state index contributed by atoms with van der Waals surface area (Å²) in [7, 11) is 0. The molecule has 1 aromatic carbocycles. The van der Waals surface area contributed by atoms with Gasteiger partial charge in [0.15, 0.2) is 5.69 Å². The number of anilines is 1. The van der Waals surface area contributed by atoms with Gasteiger partial charge in [0.25, 0.3) is 5.91 Å². The lowest BCUT2D eigenvalue weighted by atomic mass is 10.2. The molecule has 3 rings (SSSR count). The van der Waals surface area contributed by atoms with Gasteiger partial charge < -0.3 is 10.6 Å². The third kappa shape index (κ3) is 2.66. The van der Waals surface area contributed by atoms with Crippen LogP contribution >= 0.6 is 15.9 Å². The zero-order valence-corrected chi connectivity index (χ0v) is 11.6. The molecule has 0 saturated carbocycles. The van der Waals surface area contributed by atoms with Gasteiger partial charge in [-0.1, -0.05) is 21.1 Å². The van der Waals surface area contributed by atoms with Gasteiger partial charge in [-0.3, -0.25) is 4.79 Å². The number of hydrogen-bond acceptors (Lipinski definition) is 4. The molecule has 1 fully saturated rings. The van der Waals surface area contributed by atoms with Crippen molar-refractivity contribution in [3.63, 3.8) is 0 Å². The van der Waals surface area contributed by atoms with Crippen LogP contribution in [0, 0.1) is 0 Å². The summed E-state index contributed by atoms with van der Waals surface area (Å²) >= 11 is 3.35. The van der Waals surface area contributed by atoms with Crippen molar-refractivity contribution < 1.29 is 4.79 Å². The Bertz CT molecular complexity index is 590. The second-order valence-electron chi connectivity index (χ2n) is 4.36. The Morgan fingerprint density at radius 1 is 1.37 bits per heavy atom. The van der Waals surface area contributed by atoms with E-state index in [-0.39, 0.29) is 5.91 Å². The fourth-order valence-corrected chi connectivity index (χ4v) is 2.01. The van der Waals surface area contributed by atoms with E-state index in [1.54, 1.807) is 10.9 Å². The van der Waals surface area contributed by atoms with Crippen LogP contribution in [0.15, 0.2) is 34.9 Å². The van der Waals surface area contributed by atoms with Crippen molar-refractivity contribution in [3.05, 3.63) is 40.6 Å². The van der Waals surface area contributed by atoms with Crippen LogP contribution in [0.5, 0.6) is 0 Å². The van der Waals surface area contributed by atoms with E-state index in [9.17, 15) is 4.79 Å². The highest BCUT2D eigenvalue weighted by molar-refractivity contribution is 9.10. The van der Waals surface area contributed by atoms with Crippen molar-refractivity contribution in [1.29, 1.82) is 0 Å². The van der Waals surface area contributed by atoms with Gasteiger partial charge in [0.05, 0.1) is 12.2 Å². The monoisotopic (exact) mass is 321 g/mol. The van der Waals surface area contributed by atoms with Crippen molar-refractivity contribution in [2.45, 2.75) is 6.04 Å². The van der Waals surface area contributed by atoms with Crippen molar-refractivity contribution in [3.8, 4) is 0 Å². The van der Waals surface area contributed by atoms with E-state index >= 15 is 0 Å². The molecule has 2 N–H and O–H groups in total. The number of carbonyl (C=O) groups is 1. The van der Waals surface area contributed by atoms with Crippen LogP contribution in [0.25, 0.3) is 0 Å². The maximum atomic E-state index is 12.0. The highest BCUT2D eigenvalue weighted by Crippen LogP contribution is 2.15. The summed E-state index contributed by atoms with van der Waals surface area (Å²) in [6.45, 7) is 1.74. The average molecular weight is 322 g/mol. The molecule has 0 radical (unpaired) electrons. The Morgan fingerprint density at radius 2 is 2.11 bits per heavy atom. The molecule has 19 heavy (non-hydrogen) atoms. The third-order valence-corrected chi connectivity index (χ3v) is 3.51. The molecule has 0 bridgehead atoms. The summed E-state index contributed by atoms with van der Waals surface area (Å²) in [5.41, 5.74) is 1.06. The minimum Gasteiger partial charge on any atom is -0.321 e. The number of hydrogen-bond donors (Lipinski definition) is 2. The predicted octanol–water partition coefficient (Wildman–Crippen LogP) is 1.44. The second kappa shape index (κ2) is 5.10. The molecular formula is C12H12BrN5O. The van der Waals surface area contributed by atoms with Gasteiger partial charge in [0.1, 0.15) is 0 Å². The van der Waals surface area contributed by atoms with Gasteiger partial charge in [0.2, 0.25) is 0 Å². The van der Waals surface area contributed by atoms with E-state index in [0.29, 0.717) is 11.7 Å². The smallest absolute Gasteiger partial charge is 0.277 e. The van der Waals surface area contributed by atoms with Crippen LogP contribution in [0.1, 0.15) is 16.5 Å². The van der Waals surface area contributed by atoms with Crippen LogP contribution in [-0.4, -0.2) is 34.0 Å². The van der Waals surface area contributed by atoms with Crippen LogP contribution in [0.3, 0.4) is 0 Å². The molecule has 1 saturated heterocycles. The molecule has 1 aliphatic rings. The Labute approximate surface area is 118 Å². The number of benzene rings is 1. The Balaban J connectivity index is 1.69. The second-order valence-corrected chi connectivity index (χ2v) is 5.27. The van der Waals surface area contributed by atoms with Gasteiger partial charge in [-0.15, -0.1) is 5.10 Å². The Hall–Kier alpha value is -1.73. The van der Waals surface area contributed by atoms with Gasteiger partial charge in [-0.25, -0.2) is 4.68 Å². The molecule has 0 spiro atoms. The standard InChI is InChI=1S/C12H12BrN5O/c13-8-1-3-9(4-2-8)15-12(19)11-7-18(17-16-11)10-5-14-6-10/h1-4,7,10,14H,5-6H2,(H,15,19). The lowest BCUT2D eigenvalue weighted by Crippen LogP contribution is -2.43. The predicted molar refractivity (Wildman–Crippen MR) is 74.0 cm³/mol. The molecule has 0 unspecified atom stereocenters. The van der Waals surface area contributed by atoms with Gasteiger partial charge in [0, 0.05) is 23.2 Å². The zero-order valence-electron chi connectivity index (χ0n) is 10.0. The molecule has 2 aromatic rings. The fraction of sp³-hybridized carbons (Fsp3) is 0.250. The maximum absolute atomic E-state index is 12.0. The molecule has 1 aromatic heterocycles. The first-order valence-electron chi connectivity index (χ1n) is 5.92. The first-order valence-corrected chi connectivity index (χ1v) is 6.71. The lowest BCUT2D eigenvalue weighted by molar-refractivity contribution is 0.102. The van der Waals surface area contributed by atoms with Gasteiger partial charge >= 0.3 is 0 Å². The van der Waals surface area contributed by atoms with Crippen LogP contribution in [0.4, 0.5) is 5.69 Å². The summed E-state index contributed by atoms with van der Waals surface area (Å²) in [6, 6.07) is 7.69. The highest BCUT2D eigenvalue weighted by Gasteiger charge is 2.21. The molecule has 98 valence electrons. The molecular weight excluding hydrogens is 310 g/mol. The molecule has 7 heteroatoms. The van der Waals surface area contributed by atoms with E-state index in [1.807, 2.05) is 24.3 Å². The first-order chi connectivity index (χ1) is 9.22. The summed E-state index contributed by atoms with van der Waals surface area (Å²) in [5.74, 6) is -0.249. The Morgan fingerprint density at radius 3 is 2.74 bits per heavy atom. The number of nitrogens with zero attached hydrogens (tertiary/aromatic N) is 3. The quantitative estimate of drug-likeness (QED) is 0.897. The van der Waals surface area contributed by atoms with Crippen molar-refractivity contribution in [1.82, 2.24) is 20.3 Å². The Kier molecular flexibility index (Phi) is 3.31. The zero-order chi connectivity index (χ0) is 13.2. The number of halogens is 1. The topological polar surface area (TPSA) is 71.8 Å². The number of rotatable bonds is 3. The van der Waals surface area contributed by atoms with Gasteiger partial charge in [-0.05, 0) is 24.3 Å². The average Bonchev–Trinajstić information content (AvgIpc) is 2.79. The number of nitrogens with one attached hydrogen (secondary N) is 2. The van der Waals surface area contributed by atoms with E-state index in [0.717, 1.165) is 23.2 Å². The number of amides is 1. The number of aromatic nitrogens is 3. The summed E-state index contributed by atoms with van der Waals surface area (Å²) in [6.07, 6.45) is 1.68. The lowest BCUT2D eigenvalue weighted by Gasteiger charge is -2.26. The summed E-state index contributed by atoms with van der Waals surface area (Å²) in [5, 5.41) is 13.8. The molecule has 6 nitrogen and oxygen atoms in total. The van der Waals surface area contributed by atoms with Crippen molar-refractivity contribution >= 4 is 27.5 Å². The molecule has 0 aliphatic carbocycles. The summed E-state index contributed by atoms with van der Waals surface area (Å²) in [4.78, 5) is 12.0. The molecule has 1 aliphatic heterocycles. The molecule has 2 heterocycles.